The van der Waals surface area contributed by atoms with Crippen LogP contribution in [-0.4, -0.2) is 31.2 Å². The molecule has 0 aliphatic carbocycles. The molecule has 0 aliphatic rings. The highest BCUT2D eigenvalue weighted by molar-refractivity contribution is 9.10. The molecule has 0 fully saturated rings. The number of hydrogen-bond donors (Lipinski definition) is 1. The second-order valence-electron chi connectivity index (χ2n) is 2.63. The third-order valence-electron chi connectivity index (χ3n) is 1.58. The number of rotatable bonds is 4. The summed E-state index contributed by atoms with van der Waals surface area (Å²) in [4.78, 5) is 15.3. The molecule has 0 aliphatic heterocycles. The van der Waals surface area contributed by atoms with Gasteiger partial charge in [0.2, 0.25) is 5.88 Å². The molecule has 15 heavy (non-hydrogen) atoms. The summed E-state index contributed by atoms with van der Waals surface area (Å²) >= 11 is 3.21. The van der Waals surface area contributed by atoms with Crippen LogP contribution in [0.4, 0.5) is 0 Å². The molecule has 0 unspecified atom stereocenters. The monoisotopic (exact) mass is 274 g/mol. The van der Waals surface area contributed by atoms with Gasteiger partial charge in [0.1, 0.15) is 12.2 Å². The molecule has 1 rings (SSSR count). The third kappa shape index (κ3) is 3.17. The van der Waals surface area contributed by atoms with Gasteiger partial charge in [-0.05, 0) is 22.0 Å². The molecule has 1 aromatic heterocycles. The van der Waals surface area contributed by atoms with E-state index in [0.717, 1.165) is 0 Å². The van der Waals surface area contributed by atoms with E-state index >= 15 is 0 Å². The van der Waals surface area contributed by atoms with Gasteiger partial charge in [-0.1, -0.05) is 0 Å². The number of carbonyl (C=O) groups is 1. The SMILES string of the molecule is COC(=O)c1cc(Br)cnc1OCCN. The second-order valence-corrected chi connectivity index (χ2v) is 3.55. The van der Waals surface area contributed by atoms with Gasteiger partial charge in [-0.2, -0.15) is 0 Å². The van der Waals surface area contributed by atoms with E-state index in [1.807, 2.05) is 0 Å². The lowest BCUT2D eigenvalue weighted by molar-refractivity contribution is 0.0595. The quantitative estimate of drug-likeness (QED) is 0.829. The summed E-state index contributed by atoms with van der Waals surface area (Å²) in [5, 5.41) is 0. The molecule has 0 saturated heterocycles. The molecule has 0 amide bonds. The van der Waals surface area contributed by atoms with Crippen LogP contribution in [0, 0.1) is 0 Å². The minimum absolute atomic E-state index is 0.232. The lowest BCUT2D eigenvalue weighted by Gasteiger charge is -2.08. The molecule has 1 aromatic rings. The number of ether oxygens (including phenoxy) is 2. The summed E-state index contributed by atoms with van der Waals surface area (Å²) in [7, 11) is 1.30. The molecule has 0 aromatic carbocycles. The Labute approximate surface area is 95.7 Å². The van der Waals surface area contributed by atoms with Crippen LogP contribution >= 0.6 is 15.9 Å². The molecule has 0 bridgehead atoms. The molecular weight excluding hydrogens is 264 g/mol. The number of esters is 1. The molecule has 0 atom stereocenters. The maximum atomic E-state index is 11.4. The number of methoxy groups -OCH3 is 1. The van der Waals surface area contributed by atoms with E-state index in [1.54, 1.807) is 6.07 Å². The average Bonchev–Trinajstić information content (AvgIpc) is 2.26. The maximum Gasteiger partial charge on any atom is 0.343 e. The second kappa shape index (κ2) is 5.67. The zero-order valence-electron chi connectivity index (χ0n) is 8.20. The van der Waals surface area contributed by atoms with Crippen molar-refractivity contribution >= 4 is 21.9 Å². The Hall–Kier alpha value is -1.14. The molecule has 82 valence electrons. The van der Waals surface area contributed by atoms with Gasteiger partial charge in [0.05, 0.1) is 7.11 Å². The lowest BCUT2D eigenvalue weighted by Crippen LogP contribution is -2.14. The minimum atomic E-state index is -0.490. The molecule has 5 nitrogen and oxygen atoms in total. The fourth-order valence-electron chi connectivity index (χ4n) is 0.954. The minimum Gasteiger partial charge on any atom is -0.476 e. The Kier molecular flexibility index (Phi) is 4.51. The first-order valence-electron chi connectivity index (χ1n) is 4.25. The third-order valence-corrected chi connectivity index (χ3v) is 2.01. The molecule has 0 radical (unpaired) electrons. The number of nitrogens with zero attached hydrogens (tertiary/aromatic N) is 1. The number of pyridine rings is 1. The summed E-state index contributed by atoms with van der Waals surface area (Å²) in [6, 6.07) is 1.59. The van der Waals surface area contributed by atoms with Crippen molar-refractivity contribution in [3.05, 3.63) is 22.3 Å². The number of aromatic nitrogens is 1. The van der Waals surface area contributed by atoms with Gasteiger partial charge in [-0.3, -0.25) is 0 Å². The van der Waals surface area contributed by atoms with Gasteiger partial charge in [-0.25, -0.2) is 9.78 Å². The first-order chi connectivity index (χ1) is 7.19. The van der Waals surface area contributed by atoms with Crippen molar-refractivity contribution in [2.24, 2.45) is 5.73 Å². The van der Waals surface area contributed by atoms with Crippen molar-refractivity contribution in [3.63, 3.8) is 0 Å². The Morgan fingerprint density at radius 1 is 1.67 bits per heavy atom. The first kappa shape index (κ1) is 11.9. The lowest BCUT2D eigenvalue weighted by atomic mass is 10.3. The number of hydrogen-bond acceptors (Lipinski definition) is 5. The van der Waals surface area contributed by atoms with Crippen molar-refractivity contribution in [2.75, 3.05) is 20.3 Å². The van der Waals surface area contributed by atoms with E-state index in [4.69, 9.17) is 10.5 Å². The predicted molar refractivity (Wildman–Crippen MR) is 57.8 cm³/mol. The standard InChI is InChI=1S/C9H11BrN2O3/c1-14-9(13)7-4-6(10)5-12-8(7)15-3-2-11/h4-5H,2-3,11H2,1H3. The van der Waals surface area contributed by atoms with Crippen molar-refractivity contribution < 1.29 is 14.3 Å². The smallest absolute Gasteiger partial charge is 0.343 e. The van der Waals surface area contributed by atoms with Crippen molar-refractivity contribution in [1.82, 2.24) is 4.98 Å². The van der Waals surface area contributed by atoms with Crippen molar-refractivity contribution in [2.45, 2.75) is 0 Å². The summed E-state index contributed by atoms with van der Waals surface area (Å²) in [6.07, 6.45) is 1.54. The molecule has 0 saturated carbocycles. The largest absolute Gasteiger partial charge is 0.476 e. The van der Waals surface area contributed by atoms with Crippen LogP contribution in [0.3, 0.4) is 0 Å². The zero-order valence-corrected chi connectivity index (χ0v) is 9.78. The first-order valence-corrected chi connectivity index (χ1v) is 5.05. The van der Waals surface area contributed by atoms with Gasteiger partial charge in [-0.15, -0.1) is 0 Å². The Morgan fingerprint density at radius 3 is 3.00 bits per heavy atom. The molecule has 0 spiro atoms. The van der Waals surface area contributed by atoms with Crippen LogP contribution in [0.25, 0.3) is 0 Å². The summed E-state index contributed by atoms with van der Waals surface area (Å²) in [6.45, 7) is 0.664. The number of carbonyl (C=O) groups excluding carboxylic acids is 1. The maximum absolute atomic E-state index is 11.4. The van der Waals surface area contributed by atoms with E-state index < -0.39 is 5.97 Å². The van der Waals surface area contributed by atoms with Crippen molar-refractivity contribution in [1.29, 1.82) is 0 Å². The fourth-order valence-corrected chi connectivity index (χ4v) is 1.28. The molecule has 6 heteroatoms. The van der Waals surface area contributed by atoms with E-state index in [-0.39, 0.29) is 11.4 Å². The fraction of sp³-hybridized carbons (Fsp3) is 0.333. The Morgan fingerprint density at radius 2 is 2.40 bits per heavy atom. The molecule has 1 heterocycles. The van der Waals surface area contributed by atoms with E-state index in [2.05, 4.69) is 25.7 Å². The Balaban J connectivity index is 2.97. The summed E-state index contributed by atoms with van der Waals surface area (Å²) in [5.74, 6) is -0.258. The number of halogens is 1. The average molecular weight is 275 g/mol. The van der Waals surface area contributed by atoms with Gasteiger partial charge < -0.3 is 15.2 Å². The van der Waals surface area contributed by atoms with E-state index in [0.29, 0.717) is 17.6 Å². The normalized spacial score (nSPS) is 9.80. The molecular formula is C9H11BrN2O3. The zero-order chi connectivity index (χ0) is 11.3. The van der Waals surface area contributed by atoms with E-state index in [1.165, 1.54) is 13.3 Å². The van der Waals surface area contributed by atoms with Gasteiger partial charge in [0, 0.05) is 17.2 Å². The molecule has 2 N–H and O–H groups in total. The van der Waals surface area contributed by atoms with Gasteiger partial charge in [0.15, 0.2) is 0 Å². The predicted octanol–water partition coefficient (Wildman–Crippen LogP) is 0.968. The highest BCUT2D eigenvalue weighted by atomic mass is 79.9. The highest BCUT2D eigenvalue weighted by Gasteiger charge is 2.14. The van der Waals surface area contributed by atoms with Gasteiger partial charge in [0.25, 0.3) is 0 Å². The van der Waals surface area contributed by atoms with Crippen LogP contribution in [0.5, 0.6) is 5.88 Å². The highest BCUT2D eigenvalue weighted by Crippen LogP contribution is 2.20. The number of nitrogens with two attached hydrogens (primary N) is 1. The van der Waals surface area contributed by atoms with Crippen LogP contribution in [0.1, 0.15) is 10.4 Å². The Bertz CT molecular complexity index is 357. The van der Waals surface area contributed by atoms with Crippen LogP contribution in [0.15, 0.2) is 16.7 Å². The summed E-state index contributed by atoms with van der Waals surface area (Å²) < 4.78 is 10.5. The van der Waals surface area contributed by atoms with Crippen LogP contribution < -0.4 is 10.5 Å². The van der Waals surface area contributed by atoms with Crippen LogP contribution in [-0.2, 0) is 4.74 Å². The van der Waals surface area contributed by atoms with Gasteiger partial charge >= 0.3 is 5.97 Å². The topological polar surface area (TPSA) is 74.4 Å². The van der Waals surface area contributed by atoms with Crippen molar-refractivity contribution in [3.8, 4) is 5.88 Å². The van der Waals surface area contributed by atoms with Crippen LogP contribution in [0.2, 0.25) is 0 Å². The summed E-state index contributed by atoms with van der Waals surface area (Å²) in [5.41, 5.74) is 5.56. The van der Waals surface area contributed by atoms with E-state index in [9.17, 15) is 4.79 Å².